The van der Waals surface area contributed by atoms with Crippen molar-refractivity contribution in [1.29, 1.82) is 0 Å². The molecule has 0 fully saturated rings. The molecule has 0 spiro atoms. The Morgan fingerprint density at radius 3 is 2.47 bits per heavy atom. The SMILES string of the molecule is C=C(C)CN(C(=O)CBr)c1ccccc1. The van der Waals surface area contributed by atoms with Crippen LogP contribution < -0.4 is 4.90 Å². The summed E-state index contributed by atoms with van der Waals surface area (Å²) in [5, 5.41) is 0.329. The maximum Gasteiger partial charge on any atom is 0.237 e. The predicted molar refractivity (Wildman–Crippen MR) is 67.4 cm³/mol. The molecule has 3 heteroatoms. The molecule has 0 aromatic heterocycles. The summed E-state index contributed by atoms with van der Waals surface area (Å²) in [6.07, 6.45) is 0. The molecule has 1 aromatic carbocycles. The second kappa shape index (κ2) is 5.71. The van der Waals surface area contributed by atoms with Crippen molar-refractivity contribution in [3.8, 4) is 0 Å². The van der Waals surface area contributed by atoms with E-state index in [1.807, 2.05) is 37.3 Å². The molecular formula is C12H14BrNO. The number of halogens is 1. The molecule has 0 unspecified atom stereocenters. The minimum Gasteiger partial charge on any atom is -0.308 e. The number of nitrogens with zero attached hydrogens (tertiary/aromatic N) is 1. The molecule has 0 aliphatic heterocycles. The maximum atomic E-state index is 11.7. The lowest BCUT2D eigenvalue weighted by atomic mass is 10.2. The van der Waals surface area contributed by atoms with Crippen LogP contribution in [0.1, 0.15) is 6.92 Å². The number of amides is 1. The minimum atomic E-state index is 0.0456. The minimum absolute atomic E-state index is 0.0456. The Labute approximate surface area is 98.7 Å². The van der Waals surface area contributed by atoms with Gasteiger partial charge in [-0.05, 0) is 19.1 Å². The lowest BCUT2D eigenvalue weighted by Gasteiger charge is -2.21. The summed E-state index contributed by atoms with van der Waals surface area (Å²) in [5.41, 5.74) is 1.87. The summed E-state index contributed by atoms with van der Waals surface area (Å²) in [4.78, 5) is 13.4. The van der Waals surface area contributed by atoms with Crippen molar-refractivity contribution in [2.24, 2.45) is 0 Å². The van der Waals surface area contributed by atoms with Gasteiger partial charge in [0.1, 0.15) is 0 Å². The maximum absolute atomic E-state index is 11.7. The predicted octanol–water partition coefficient (Wildman–Crippen LogP) is 2.99. The Morgan fingerprint density at radius 2 is 2.00 bits per heavy atom. The standard InChI is InChI=1S/C12H14BrNO/c1-10(2)9-14(12(15)8-13)11-6-4-3-5-7-11/h3-7H,1,8-9H2,2H3. The highest BCUT2D eigenvalue weighted by Gasteiger charge is 2.13. The molecule has 0 atom stereocenters. The van der Waals surface area contributed by atoms with Gasteiger partial charge < -0.3 is 4.90 Å². The fourth-order valence-corrected chi connectivity index (χ4v) is 1.58. The molecule has 0 saturated heterocycles. The van der Waals surface area contributed by atoms with Crippen LogP contribution in [-0.4, -0.2) is 17.8 Å². The van der Waals surface area contributed by atoms with Crippen molar-refractivity contribution in [3.05, 3.63) is 42.5 Å². The number of carbonyl (C=O) groups is 1. The quantitative estimate of drug-likeness (QED) is 0.607. The molecule has 15 heavy (non-hydrogen) atoms. The van der Waals surface area contributed by atoms with Gasteiger partial charge in [-0.1, -0.05) is 46.3 Å². The van der Waals surface area contributed by atoms with Gasteiger partial charge in [0.05, 0.1) is 5.33 Å². The number of hydrogen-bond donors (Lipinski definition) is 0. The zero-order valence-corrected chi connectivity index (χ0v) is 10.3. The van der Waals surface area contributed by atoms with Gasteiger partial charge in [-0.15, -0.1) is 0 Å². The number of benzene rings is 1. The van der Waals surface area contributed by atoms with E-state index < -0.39 is 0 Å². The van der Waals surface area contributed by atoms with Gasteiger partial charge in [0, 0.05) is 12.2 Å². The van der Waals surface area contributed by atoms with Gasteiger partial charge >= 0.3 is 0 Å². The Bertz CT molecular complexity index is 348. The summed E-state index contributed by atoms with van der Waals surface area (Å²) >= 11 is 3.18. The van der Waals surface area contributed by atoms with Crippen molar-refractivity contribution in [1.82, 2.24) is 0 Å². The van der Waals surface area contributed by atoms with E-state index in [1.165, 1.54) is 0 Å². The molecule has 0 aliphatic rings. The molecule has 0 N–H and O–H groups in total. The summed E-state index contributed by atoms with van der Waals surface area (Å²) in [7, 11) is 0. The van der Waals surface area contributed by atoms with E-state index in [2.05, 4.69) is 22.5 Å². The van der Waals surface area contributed by atoms with Gasteiger partial charge in [0.15, 0.2) is 0 Å². The largest absolute Gasteiger partial charge is 0.308 e. The van der Waals surface area contributed by atoms with Crippen LogP contribution in [0.15, 0.2) is 42.5 Å². The number of hydrogen-bond acceptors (Lipinski definition) is 1. The van der Waals surface area contributed by atoms with Crippen LogP contribution in [0.25, 0.3) is 0 Å². The van der Waals surface area contributed by atoms with Crippen LogP contribution in [-0.2, 0) is 4.79 Å². The van der Waals surface area contributed by atoms with E-state index in [9.17, 15) is 4.79 Å². The summed E-state index contributed by atoms with van der Waals surface area (Å²) in [6.45, 7) is 6.31. The van der Waals surface area contributed by atoms with Gasteiger partial charge in [-0.25, -0.2) is 0 Å². The Morgan fingerprint density at radius 1 is 1.40 bits per heavy atom. The average Bonchev–Trinajstić information content (AvgIpc) is 2.26. The third kappa shape index (κ3) is 3.51. The number of para-hydroxylation sites is 1. The first kappa shape index (κ1) is 12.0. The average molecular weight is 268 g/mol. The van der Waals surface area contributed by atoms with Gasteiger partial charge in [0.2, 0.25) is 5.91 Å². The lowest BCUT2D eigenvalue weighted by Crippen LogP contribution is -2.33. The second-order valence-corrected chi connectivity index (χ2v) is 3.97. The second-order valence-electron chi connectivity index (χ2n) is 3.41. The molecule has 1 aromatic rings. The molecule has 1 amide bonds. The number of alkyl halides is 1. The molecule has 0 heterocycles. The number of rotatable bonds is 4. The normalized spacial score (nSPS) is 9.73. The first-order valence-electron chi connectivity index (χ1n) is 4.71. The molecular weight excluding hydrogens is 254 g/mol. The van der Waals surface area contributed by atoms with Crippen LogP contribution in [0.3, 0.4) is 0 Å². The topological polar surface area (TPSA) is 20.3 Å². The number of carbonyl (C=O) groups excluding carboxylic acids is 1. The zero-order chi connectivity index (χ0) is 11.3. The third-order valence-electron chi connectivity index (χ3n) is 1.91. The highest BCUT2D eigenvalue weighted by molar-refractivity contribution is 9.09. The van der Waals surface area contributed by atoms with Crippen LogP contribution in [0.2, 0.25) is 0 Å². The molecule has 80 valence electrons. The van der Waals surface area contributed by atoms with Crippen LogP contribution >= 0.6 is 15.9 Å². The fourth-order valence-electron chi connectivity index (χ4n) is 1.27. The Balaban J connectivity index is 2.91. The fraction of sp³-hybridized carbons (Fsp3) is 0.250. The van der Waals surface area contributed by atoms with E-state index in [1.54, 1.807) is 4.90 Å². The van der Waals surface area contributed by atoms with Crippen molar-refractivity contribution in [2.75, 3.05) is 16.8 Å². The highest BCUT2D eigenvalue weighted by atomic mass is 79.9. The van der Waals surface area contributed by atoms with Crippen LogP contribution in [0, 0.1) is 0 Å². The smallest absolute Gasteiger partial charge is 0.237 e. The first-order valence-corrected chi connectivity index (χ1v) is 5.83. The van der Waals surface area contributed by atoms with E-state index >= 15 is 0 Å². The summed E-state index contributed by atoms with van der Waals surface area (Å²) in [5.74, 6) is 0.0456. The van der Waals surface area contributed by atoms with Gasteiger partial charge in [-0.2, -0.15) is 0 Å². The van der Waals surface area contributed by atoms with Crippen LogP contribution in [0.4, 0.5) is 5.69 Å². The van der Waals surface area contributed by atoms with E-state index in [0.717, 1.165) is 11.3 Å². The Kier molecular flexibility index (Phi) is 4.56. The van der Waals surface area contributed by atoms with Crippen molar-refractivity contribution < 1.29 is 4.79 Å². The summed E-state index contributed by atoms with van der Waals surface area (Å²) < 4.78 is 0. The van der Waals surface area contributed by atoms with E-state index in [4.69, 9.17) is 0 Å². The molecule has 1 rings (SSSR count). The van der Waals surface area contributed by atoms with Gasteiger partial charge in [-0.3, -0.25) is 4.79 Å². The van der Waals surface area contributed by atoms with E-state index in [0.29, 0.717) is 11.9 Å². The van der Waals surface area contributed by atoms with Crippen molar-refractivity contribution in [2.45, 2.75) is 6.92 Å². The first-order chi connectivity index (χ1) is 7.15. The van der Waals surface area contributed by atoms with Crippen molar-refractivity contribution in [3.63, 3.8) is 0 Å². The zero-order valence-electron chi connectivity index (χ0n) is 8.74. The molecule has 0 radical (unpaired) electrons. The van der Waals surface area contributed by atoms with Gasteiger partial charge in [0.25, 0.3) is 0 Å². The van der Waals surface area contributed by atoms with Crippen molar-refractivity contribution >= 4 is 27.5 Å². The Hall–Kier alpha value is -1.09. The monoisotopic (exact) mass is 267 g/mol. The molecule has 0 saturated carbocycles. The lowest BCUT2D eigenvalue weighted by molar-refractivity contribution is -0.116. The summed E-state index contributed by atoms with van der Waals surface area (Å²) in [6, 6.07) is 9.61. The van der Waals surface area contributed by atoms with E-state index in [-0.39, 0.29) is 5.91 Å². The van der Waals surface area contributed by atoms with Crippen LogP contribution in [0.5, 0.6) is 0 Å². The molecule has 0 aliphatic carbocycles. The molecule has 2 nitrogen and oxygen atoms in total. The number of anilines is 1. The third-order valence-corrected chi connectivity index (χ3v) is 2.39. The molecule has 0 bridgehead atoms. The highest BCUT2D eigenvalue weighted by Crippen LogP contribution is 2.15.